The molecule has 1 aliphatic heterocycles. The van der Waals surface area contributed by atoms with Crippen LogP contribution in [-0.2, 0) is 0 Å². The summed E-state index contributed by atoms with van der Waals surface area (Å²) in [6, 6.07) is 20.2. The molecule has 0 spiro atoms. The van der Waals surface area contributed by atoms with Gasteiger partial charge in [0, 0.05) is 38.1 Å². The van der Waals surface area contributed by atoms with E-state index in [1.54, 1.807) is 0 Å². The Balaban J connectivity index is 1.33. The topological polar surface area (TPSA) is 52.9 Å². The van der Waals surface area contributed by atoms with Gasteiger partial charge < -0.3 is 19.5 Å². The summed E-state index contributed by atoms with van der Waals surface area (Å²) < 4.78 is 2.19. The third-order valence-electron chi connectivity index (χ3n) is 5.51. The van der Waals surface area contributed by atoms with Crippen LogP contribution in [0.25, 0.3) is 16.6 Å². The zero-order valence-corrected chi connectivity index (χ0v) is 16.4. The van der Waals surface area contributed by atoms with Gasteiger partial charge in [-0.3, -0.25) is 0 Å². The molecule has 3 heterocycles. The van der Waals surface area contributed by atoms with E-state index in [1.165, 1.54) is 5.56 Å². The molecule has 4 aromatic rings. The minimum atomic E-state index is -0.0483. The lowest BCUT2D eigenvalue weighted by Gasteiger charge is -2.35. The summed E-state index contributed by atoms with van der Waals surface area (Å²) in [4.78, 5) is 21.7. The first kappa shape index (κ1) is 17.6. The summed E-state index contributed by atoms with van der Waals surface area (Å²) in [6.45, 7) is 4.88. The van der Waals surface area contributed by atoms with E-state index in [2.05, 4.69) is 39.0 Å². The predicted octanol–water partition coefficient (Wildman–Crippen LogP) is 4.15. The van der Waals surface area contributed by atoms with Gasteiger partial charge in [-0.2, -0.15) is 0 Å². The quantitative estimate of drug-likeness (QED) is 0.564. The molecule has 1 saturated heterocycles. The van der Waals surface area contributed by atoms with E-state index in [9.17, 15) is 4.79 Å². The van der Waals surface area contributed by atoms with Gasteiger partial charge in [0.05, 0.1) is 16.6 Å². The Morgan fingerprint density at radius 1 is 0.897 bits per heavy atom. The summed E-state index contributed by atoms with van der Waals surface area (Å²) in [5, 5.41) is 2.99. The first-order valence-corrected chi connectivity index (χ1v) is 9.92. The Kier molecular flexibility index (Phi) is 4.31. The lowest BCUT2D eigenvalue weighted by molar-refractivity contribution is 0.208. The third kappa shape index (κ3) is 3.27. The van der Waals surface area contributed by atoms with Crippen LogP contribution < -0.4 is 10.2 Å². The molecule has 2 aromatic heterocycles. The van der Waals surface area contributed by atoms with Crippen LogP contribution in [0.15, 0.2) is 66.9 Å². The normalized spacial score (nSPS) is 14.5. The molecular formula is C23H23N5O. The van der Waals surface area contributed by atoms with Crippen molar-refractivity contribution in [3.05, 3.63) is 72.4 Å². The predicted molar refractivity (Wildman–Crippen MR) is 117 cm³/mol. The molecule has 1 N–H and O–H groups in total. The number of aryl methyl sites for hydroxylation is 1. The van der Waals surface area contributed by atoms with Crippen LogP contribution in [-0.4, -0.2) is 46.5 Å². The molecule has 6 heteroatoms. The van der Waals surface area contributed by atoms with Crippen molar-refractivity contribution in [1.82, 2.24) is 14.3 Å². The van der Waals surface area contributed by atoms with Crippen molar-refractivity contribution in [3.8, 4) is 0 Å². The van der Waals surface area contributed by atoms with Crippen molar-refractivity contribution in [3.63, 3.8) is 0 Å². The van der Waals surface area contributed by atoms with Gasteiger partial charge in [-0.25, -0.2) is 9.78 Å². The first-order valence-electron chi connectivity index (χ1n) is 9.92. The fourth-order valence-electron chi connectivity index (χ4n) is 3.90. The molecule has 1 fully saturated rings. The Morgan fingerprint density at radius 3 is 2.41 bits per heavy atom. The zero-order valence-electron chi connectivity index (χ0n) is 16.4. The second kappa shape index (κ2) is 7.13. The molecule has 2 amide bonds. The lowest BCUT2D eigenvalue weighted by atomic mass is 10.2. The van der Waals surface area contributed by atoms with Crippen molar-refractivity contribution >= 4 is 34.1 Å². The largest absolute Gasteiger partial charge is 0.351 e. The summed E-state index contributed by atoms with van der Waals surface area (Å²) in [6.07, 6.45) is 2.08. The van der Waals surface area contributed by atoms with Crippen molar-refractivity contribution < 1.29 is 4.79 Å². The molecule has 146 valence electrons. The summed E-state index contributed by atoms with van der Waals surface area (Å²) in [5.74, 6) is 0.979. The fourth-order valence-corrected chi connectivity index (χ4v) is 3.90. The van der Waals surface area contributed by atoms with Gasteiger partial charge >= 0.3 is 6.03 Å². The molecule has 0 saturated carbocycles. The van der Waals surface area contributed by atoms with Crippen LogP contribution in [0.2, 0.25) is 0 Å². The molecule has 0 aliphatic carbocycles. The number of urea groups is 1. The third-order valence-corrected chi connectivity index (χ3v) is 5.51. The van der Waals surface area contributed by atoms with Gasteiger partial charge in [-0.15, -0.1) is 0 Å². The van der Waals surface area contributed by atoms with Crippen LogP contribution in [0.3, 0.4) is 0 Å². The maximum Gasteiger partial charge on any atom is 0.321 e. The van der Waals surface area contributed by atoms with E-state index < -0.39 is 0 Å². The SMILES string of the molecule is Cc1ccc(NC(=O)N2CCN(c3nc4ccccc4n4cccc34)CC2)cc1. The molecule has 0 unspecified atom stereocenters. The highest BCUT2D eigenvalue weighted by molar-refractivity contribution is 5.90. The van der Waals surface area contributed by atoms with Crippen molar-refractivity contribution in [1.29, 1.82) is 0 Å². The summed E-state index contributed by atoms with van der Waals surface area (Å²) in [7, 11) is 0. The fraction of sp³-hybridized carbons (Fsp3) is 0.217. The van der Waals surface area contributed by atoms with Crippen LogP contribution in [0, 0.1) is 6.92 Å². The molecule has 2 aromatic carbocycles. The highest BCUT2D eigenvalue weighted by Gasteiger charge is 2.24. The average molecular weight is 385 g/mol. The minimum absolute atomic E-state index is 0.0483. The molecule has 6 nitrogen and oxygen atoms in total. The summed E-state index contributed by atoms with van der Waals surface area (Å²) >= 11 is 0. The van der Waals surface area contributed by atoms with E-state index in [-0.39, 0.29) is 6.03 Å². The number of anilines is 2. The van der Waals surface area contributed by atoms with Gasteiger partial charge in [-0.05, 0) is 43.3 Å². The van der Waals surface area contributed by atoms with E-state index >= 15 is 0 Å². The van der Waals surface area contributed by atoms with Gasteiger partial charge in [-0.1, -0.05) is 29.8 Å². The monoisotopic (exact) mass is 385 g/mol. The number of hydrogen-bond acceptors (Lipinski definition) is 3. The maximum atomic E-state index is 12.6. The number of rotatable bonds is 2. The van der Waals surface area contributed by atoms with E-state index in [1.807, 2.05) is 54.3 Å². The number of fused-ring (bicyclic) bond motifs is 3. The number of hydrogen-bond donors (Lipinski definition) is 1. The van der Waals surface area contributed by atoms with Gasteiger partial charge in [0.2, 0.25) is 0 Å². The number of para-hydroxylation sites is 2. The number of amides is 2. The van der Waals surface area contributed by atoms with Crippen molar-refractivity contribution in [2.75, 3.05) is 36.4 Å². The molecule has 5 rings (SSSR count). The zero-order chi connectivity index (χ0) is 19.8. The van der Waals surface area contributed by atoms with Crippen molar-refractivity contribution in [2.24, 2.45) is 0 Å². The van der Waals surface area contributed by atoms with E-state index in [4.69, 9.17) is 4.98 Å². The molecule has 0 radical (unpaired) electrons. The van der Waals surface area contributed by atoms with E-state index in [0.29, 0.717) is 13.1 Å². The van der Waals surface area contributed by atoms with Gasteiger partial charge in [0.15, 0.2) is 5.82 Å². The molecule has 1 aliphatic rings. The molecule has 0 atom stereocenters. The number of aromatic nitrogens is 2. The van der Waals surface area contributed by atoms with Crippen molar-refractivity contribution in [2.45, 2.75) is 6.92 Å². The smallest absolute Gasteiger partial charge is 0.321 e. The molecule has 0 bridgehead atoms. The standard InChI is InChI=1S/C23H23N5O/c1-17-8-10-18(11-9-17)24-23(29)27-15-13-26(14-16-27)22-21-7-4-12-28(21)20-6-3-2-5-19(20)25-22/h2-12H,13-16H2,1H3,(H,24,29). The first-order chi connectivity index (χ1) is 14.2. The highest BCUT2D eigenvalue weighted by atomic mass is 16.2. The van der Waals surface area contributed by atoms with Gasteiger partial charge in [0.1, 0.15) is 0 Å². The van der Waals surface area contributed by atoms with E-state index in [0.717, 1.165) is 41.1 Å². The maximum absolute atomic E-state index is 12.6. The number of carbonyl (C=O) groups is 1. The number of nitrogens with zero attached hydrogens (tertiary/aromatic N) is 4. The Labute approximate surface area is 169 Å². The lowest BCUT2D eigenvalue weighted by Crippen LogP contribution is -2.50. The molecule has 29 heavy (non-hydrogen) atoms. The Hall–Kier alpha value is -3.54. The van der Waals surface area contributed by atoms with Crippen LogP contribution >= 0.6 is 0 Å². The number of benzene rings is 2. The Bertz CT molecular complexity index is 1170. The molecular weight excluding hydrogens is 362 g/mol. The van der Waals surface area contributed by atoms with Crippen LogP contribution in [0.5, 0.6) is 0 Å². The van der Waals surface area contributed by atoms with Crippen LogP contribution in [0.1, 0.15) is 5.56 Å². The van der Waals surface area contributed by atoms with Gasteiger partial charge in [0.25, 0.3) is 0 Å². The average Bonchev–Trinajstić information content (AvgIpc) is 3.25. The minimum Gasteiger partial charge on any atom is -0.351 e. The number of piperazine rings is 1. The Morgan fingerprint density at radius 2 is 1.62 bits per heavy atom. The second-order valence-electron chi connectivity index (χ2n) is 7.46. The second-order valence-corrected chi connectivity index (χ2v) is 7.46. The van der Waals surface area contributed by atoms with Crippen LogP contribution in [0.4, 0.5) is 16.3 Å². The number of carbonyl (C=O) groups excluding carboxylic acids is 1. The highest BCUT2D eigenvalue weighted by Crippen LogP contribution is 2.26. The summed E-state index contributed by atoms with van der Waals surface area (Å²) in [5.41, 5.74) is 5.18. The number of nitrogens with one attached hydrogen (secondary N) is 1.